The summed E-state index contributed by atoms with van der Waals surface area (Å²) in [6, 6.07) is 5.54. The second kappa shape index (κ2) is 8.35. The molecule has 2 aliphatic rings. The molecule has 2 amide bonds. The summed E-state index contributed by atoms with van der Waals surface area (Å²) in [5, 5.41) is 6.10. The molecule has 1 fully saturated rings. The molecular formula is C17H24ClN3O3. The molecule has 3 rings (SSSR count). The Kier molecular flexibility index (Phi) is 6.45. The van der Waals surface area contributed by atoms with Crippen LogP contribution in [0.15, 0.2) is 18.2 Å². The smallest absolute Gasteiger partial charge is 0.262 e. The van der Waals surface area contributed by atoms with Gasteiger partial charge in [-0.05, 0) is 50.6 Å². The maximum atomic E-state index is 13.0. The Hall–Kier alpha value is -1.79. The van der Waals surface area contributed by atoms with Crippen molar-refractivity contribution in [3.8, 4) is 5.75 Å². The molecule has 0 saturated carbocycles. The molecule has 0 radical (unpaired) electrons. The summed E-state index contributed by atoms with van der Waals surface area (Å²) in [4.78, 5) is 26.4. The fourth-order valence-electron chi connectivity index (χ4n) is 3.19. The number of fused-ring (bicyclic) bond motifs is 1. The van der Waals surface area contributed by atoms with Crippen molar-refractivity contribution < 1.29 is 14.3 Å². The van der Waals surface area contributed by atoms with Crippen LogP contribution < -0.4 is 15.4 Å². The first-order valence-electron chi connectivity index (χ1n) is 8.27. The zero-order chi connectivity index (χ0) is 16.2. The van der Waals surface area contributed by atoms with Crippen LogP contribution in [0.4, 0.5) is 5.69 Å². The van der Waals surface area contributed by atoms with Crippen molar-refractivity contribution in [2.24, 2.45) is 0 Å². The quantitative estimate of drug-likeness (QED) is 0.869. The van der Waals surface area contributed by atoms with Crippen molar-refractivity contribution in [2.45, 2.75) is 32.2 Å². The standard InChI is InChI=1S/C17H23N3O3.ClH/c1-2-9-20(13-5-7-18-8-6-13)17(22)12-3-4-15-14(10-12)19-16(21)11-23-15;/h3-4,10,13,18H,2,5-9,11H2,1H3,(H,19,21);1H. The fourth-order valence-corrected chi connectivity index (χ4v) is 3.19. The van der Waals surface area contributed by atoms with E-state index in [1.54, 1.807) is 18.2 Å². The zero-order valence-electron chi connectivity index (χ0n) is 13.8. The van der Waals surface area contributed by atoms with Gasteiger partial charge in [-0.2, -0.15) is 0 Å². The summed E-state index contributed by atoms with van der Waals surface area (Å²) >= 11 is 0. The maximum Gasteiger partial charge on any atom is 0.262 e. The van der Waals surface area contributed by atoms with Crippen LogP contribution in [-0.4, -0.2) is 49.0 Å². The minimum Gasteiger partial charge on any atom is -0.482 e. The molecule has 0 aliphatic carbocycles. The Morgan fingerprint density at radius 3 is 2.79 bits per heavy atom. The number of hydrogen-bond donors (Lipinski definition) is 2. The number of piperidine rings is 1. The van der Waals surface area contributed by atoms with E-state index in [1.165, 1.54) is 0 Å². The Morgan fingerprint density at radius 2 is 2.08 bits per heavy atom. The second-order valence-electron chi connectivity index (χ2n) is 6.03. The lowest BCUT2D eigenvalue weighted by Gasteiger charge is -2.35. The van der Waals surface area contributed by atoms with Crippen LogP contribution in [0.5, 0.6) is 5.75 Å². The molecule has 24 heavy (non-hydrogen) atoms. The van der Waals surface area contributed by atoms with Crippen LogP contribution in [0.2, 0.25) is 0 Å². The monoisotopic (exact) mass is 353 g/mol. The average molecular weight is 354 g/mol. The van der Waals surface area contributed by atoms with E-state index in [-0.39, 0.29) is 36.9 Å². The lowest BCUT2D eigenvalue weighted by Crippen LogP contribution is -2.46. The van der Waals surface area contributed by atoms with Gasteiger partial charge in [0.1, 0.15) is 5.75 Å². The third kappa shape index (κ3) is 3.99. The molecule has 1 aromatic rings. The number of nitrogens with zero attached hydrogens (tertiary/aromatic N) is 1. The molecule has 0 spiro atoms. The molecule has 2 heterocycles. The molecule has 1 aromatic carbocycles. The Bertz CT molecular complexity index is 603. The van der Waals surface area contributed by atoms with Crippen LogP contribution in [0, 0.1) is 0 Å². The predicted octanol–water partition coefficient (Wildman–Crippen LogP) is 2.04. The summed E-state index contributed by atoms with van der Waals surface area (Å²) in [6.07, 6.45) is 2.90. The number of benzene rings is 1. The predicted molar refractivity (Wildman–Crippen MR) is 95.0 cm³/mol. The summed E-state index contributed by atoms with van der Waals surface area (Å²) in [5.74, 6) is 0.456. The lowest BCUT2D eigenvalue weighted by molar-refractivity contribution is -0.118. The van der Waals surface area contributed by atoms with Crippen LogP contribution in [0.25, 0.3) is 0 Å². The highest BCUT2D eigenvalue weighted by Gasteiger charge is 2.26. The third-order valence-corrected chi connectivity index (χ3v) is 4.33. The first-order valence-corrected chi connectivity index (χ1v) is 8.27. The Balaban J connectivity index is 0.00000208. The van der Waals surface area contributed by atoms with Gasteiger partial charge in [-0.15, -0.1) is 12.4 Å². The average Bonchev–Trinajstić information content (AvgIpc) is 2.59. The molecule has 1 saturated heterocycles. The number of carbonyl (C=O) groups excluding carboxylic acids is 2. The van der Waals surface area contributed by atoms with Gasteiger partial charge < -0.3 is 20.3 Å². The number of halogens is 1. The number of carbonyl (C=O) groups is 2. The fraction of sp³-hybridized carbons (Fsp3) is 0.529. The van der Waals surface area contributed by atoms with Gasteiger partial charge in [0.15, 0.2) is 6.61 Å². The summed E-state index contributed by atoms with van der Waals surface area (Å²) in [6.45, 7) is 4.77. The van der Waals surface area contributed by atoms with E-state index in [0.717, 1.165) is 38.9 Å². The molecule has 0 aromatic heterocycles. The van der Waals surface area contributed by atoms with E-state index in [0.29, 0.717) is 17.0 Å². The topological polar surface area (TPSA) is 70.7 Å². The van der Waals surface area contributed by atoms with Gasteiger partial charge >= 0.3 is 0 Å². The molecule has 0 bridgehead atoms. The van der Waals surface area contributed by atoms with E-state index in [9.17, 15) is 9.59 Å². The molecular weight excluding hydrogens is 330 g/mol. The van der Waals surface area contributed by atoms with Crippen LogP contribution in [0.3, 0.4) is 0 Å². The van der Waals surface area contributed by atoms with Crippen molar-refractivity contribution in [1.29, 1.82) is 0 Å². The SMILES string of the molecule is CCCN(C(=O)c1ccc2c(c1)NC(=O)CO2)C1CCNCC1.Cl. The second-order valence-corrected chi connectivity index (χ2v) is 6.03. The molecule has 0 atom stereocenters. The van der Waals surface area contributed by atoms with Gasteiger partial charge in [-0.3, -0.25) is 9.59 Å². The van der Waals surface area contributed by atoms with E-state index in [4.69, 9.17) is 4.74 Å². The molecule has 2 N–H and O–H groups in total. The van der Waals surface area contributed by atoms with E-state index < -0.39 is 0 Å². The number of ether oxygens (including phenoxy) is 1. The first kappa shape index (κ1) is 18.5. The Labute approximate surface area is 148 Å². The van der Waals surface area contributed by atoms with Crippen molar-refractivity contribution in [2.75, 3.05) is 31.6 Å². The summed E-state index contributed by atoms with van der Waals surface area (Å²) in [5.41, 5.74) is 1.18. The van der Waals surface area contributed by atoms with Gasteiger partial charge in [0, 0.05) is 18.2 Å². The van der Waals surface area contributed by atoms with Crippen molar-refractivity contribution in [1.82, 2.24) is 10.2 Å². The largest absolute Gasteiger partial charge is 0.482 e. The van der Waals surface area contributed by atoms with Crippen LogP contribution in [-0.2, 0) is 4.79 Å². The van der Waals surface area contributed by atoms with Crippen LogP contribution >= 0.6 is 12.4 Å². The normalized spacial score (nSPS) is 17.1. The van der Waals surface area contributed by atoms with Gasteiger partial charge in [0.2, 0.25) is 0 Å². The van der Waals surface area contributed by atoms with Gasteiger partial charge in [0.25, 0.3) is 11.8 Å². The third-order valence-electron chi connectivity index (χ3n) is 4.33. The summed E-state index contributed by atoms with van der Waals surface area (Å²) < 4.78 is 5.35. The van der Waals surface area contributed by atoms with E-state index >= 15 is 0 Å². The Morgan fingerprint density at radius 1 is 1.33 bits per heavy atom. The van der Waals surface area contributed by atoms with Crippen molar-refractivity contribution in [3.63, 3.8) is 0 Å². The molecule has 2 aliphatic heterocycles. The minimum absolute atomic E-state index is 0. The first-order chi connectivity index (χ1) is 11.2. The lowest BCUT2D eigenvalue weighted by atomic mass is 10.0. The molecule has 132 valence electrons. The summed E-state index contributed by atoms with van der Waals surface area (Å²) in [7, 11) is 0. The van der Waals surface area contributed by atoms with Crippen LogP contribution in [0.1, 0.15) is 36.5 Å². The molecule has 7 heteroatoms. The molecule has 6 nitrogen and oxygen atoms in total. The minimum atomic E-state index is -0.189. The number of anilines is 1. The number of amides is 2. The number of nitrogens with one attached hydrogen (secondary N) is 2. The highest BCUT2D eigenvalue weighted by Crippen LogP contribution is 2.29. The number of hydrogen-bond acceptors (Lipinski definition) is 4. The molecule has 0 unspecified atom stereocenters. The zero-order valence-corrected chi connectivity index (χ0v) is 14.7. The van der Waals surface area contributed by atoms with Gasteiger partial charge in [-0.25, -0.2) is 0 Å². The maximum absolute atomic E-state index is 13.0. The van der Waals surface area contributed by atoms with Crippen molar-refractivity contribution in [3.05, 3.63) is 23.8 Å². The van der Waals surface area contributed by atoms with Gasteiger partial charge in [0.05, 0.1) is 5.69 Å². The van der Waals surface area contributed by atoms with Crippen molar-refractivity contribution >= 4 is 29.9 Å². The number of rotatable bonds is 4. The highest BCUT2D eigenvalue weighted by molar-refractivity contribution is 6.00. The van der Waals surface area contributed by atoms with Gasteiger partial charge in [-0.1, -0.05) is 6.92 Å². The van der Waals surface area contributed by atoms with E-state index in [1.807, 2.05) is 4.90 Å². The van der Waals surface area contributed by atoms with E-state index in [2.05, 4.69) is 17.6 Å². The highest BCUT2D eigenvalue weighted by atomic mass is 35.5.